The Balaban J connectivity index is 2.87. The zero-order valence-electron chi connectivity index (χ0n) is 12.8. The van der Waals surface area contributed by atoms with Crippen LogP contribution in [0.15, 0.2) is 12.1 Å². The maximum atomic E-state index is 12.2. The lowest BCUT2D eigenvalue weighted by molar-refractivity contribution is 0.0165. The van der Waals surface area contributed by atoms with Crippen molar-refractivity contribution in [2.24, 2.45) is 11.3 Å². The summed E-state index contributed by atoms with van der Waals surface area (Å²) in [5.74, 6) is -0.0406. The number of esters is 1. The summed E-state index contributed by atoms with van der Waals surface area (Å²) >= 11 is 17.9. The second kappa shape index (κ2) is 7.71. The lowest BCUT2D eigenvalue weighted by atomic mass is 9.75. The van der Waals surface area contributed by atoms with E-state index in [1.807, 2.05) is 0 Å². The molecule has 0 N–H and O–H groups in total. The number of halogens is 3. The second-order valence-corrected chi connectivity index (χ2v) is 6.86. The van der Waals surface area contributed by atoms with Crippen LogP contribution in [0.4, 0.5) is 0 Å². The third-order valence-corrected chi connectivity index (χ3v) is 5.38. The third kappa shape index (κ3) is 4.51. The first-order valence-corrected chi connectivity index (χ1v) is 8.20. The van der Waals surface area contributed by atoms with E-state index in [-0.39, 0.29) is 21.0 Å². The van der Waals surface area contributed by atoms with E-state index in [0.717, 1.165) is 12.8 Å². The van der Waals surface area contributed by atoms with Crippen LogP contribution >= 0.6 is 34.8 Å². The molecule has 0 spiro atoms. The molecule has 21 heavy (non-hydrogen) atoms. The Morgan fingerprint density at radius 3 is 2.43 bits per heavy atom. The van der Waals surface area contributed by atoms with Crippen LogP contribution < -0.4 is 0 Å². The monoisotopic (exact) mass is 350 g/mol. The van der Waals surface area contributed by atoms with Crippen LogP contribution in [0.25, 0.3) is 0 Å². The van der Waals surface area contributed by atoms with Crippen LogP contribution in [-0.2, 0) is 4.74 Å². The molecule has 0 heterocycles. The van der Waals surface area contributed by atoms with E-state index >= 15 is 0 Å². The predicted molar refractivity (Wildman–Crippen MR) is 89.6 cm³/mol. The quantitative estimate of drug-likeness (QED) is 0.446. The molecule has 1 aromatic carbocycles. The van der Waals surface area contributed by atoms with Crippen LogP contribution in [0.3, 0.4) is 0 Å². The Hall–Kier alpha value is -0.440. The van der Waals surface area contributed by atoms with Crippen LogP contribution in [-0.4, -0.2) is 12.6 Å². The van der Waals surface area contributed by atoms with Crippen molar-refractivity contribution in [3.8, 4) is 0 Å². The Morgan fingerprint density at radius 2 is 1.90 bits per heavy atom. The molecule has 2 atom stereocenters. The van der Waals surface area contributed by atoms with E-state index < -0.39 is 5.97 Å². The van der Waals surface area contributed by atoms with Crippen molar-refractivity contribution in [2.45, 2.75) is 40.5 Å². The average molecular weight is 352 g/mol. The summed E-state index contributed by atoms with van der Waals surface area (Å²) in [5.41, 5.74) is 0.149. The fraction of sp³-hybridized carbons (Fsp3) is 0.562. The minimum Gasteiger partial charge on any atom is -0.461 e. The molecule has 0 aliphatic rings. The standard InChI is InChI=1S/C16H21Cl3O2/c1-5-10(3)16(4,6-2)9-21-15(20)12-7-11(17)8-13(18)14(12)19/h7-8,10H,5-6,9H2,1-4H3. The Kier molecular flexibility index (Phi) is 6.83. The first kappa shape index (κ1) is 18.6. The molecule has 0 saturated carbocycles. The van der Waals surface area contributed by atoms with Gasteiger partial charge in [0.15, 0.2) is 0 Å². The van der Waals surface area contributed by atoms with E-state index in [9.17, 15) is 4.79 Å². The minimum atomic E-state index is -0.493. The molecule has 0 fully saturated rings. The van der Waals surface area contributed by atoms with Crippen LogP contribution in [0, 0.1) is 11.3 Å². The lowest BCUT2D eigenvalue weighted by Crippen LogP contribution is -2.31. The zero-order valence-corrected chi connectivity index (χ0v) is 15.1. The van der Waals surface area contributed by atoms with Gasteiger partial charge in [0, 0.05) is 10.4 Å². The van der Waals surface area contributed by atoms with Crippen molar-refractivity contribution in [3.05, 3.63) is 32.8 Å². The zero-order chi connectivity index (χ0) is 16.2. The molecule has 0 aliphatic carbocycles. The van der Waals surface area contributed by atoms with Crippen LogP contribution in [0.5, 0.6) is 0 Å². The van der Waals surface area contributed by atoms with E-state index in [2.05, 4.69) is 27.7 Å². The van der Waals surface area contributed by atoms with Crippen LogP contribution in [0.2, 0.25) is 15.1 Å². The molecule has 2 nitrogen and oxygen atoms in total. The third-order valence-electron chi connectivity index (χ3n) is 4.36. The summed E-state index contributed by atoms with van der Waals surface area (Å²) in [7, 11) is 0. The first-order chi connectivity index (χ1) is 9.75. The number of benzene rings is 1. The van der Waals surface area contributed by atoms with Gasteiger partial charge in [-0.1, -0.05) is 68.9 Å². The molecule has 5 heteroatoms. The van der Waals surface area contributed by atoms with E-state index in [1.165, 1.54) is 12.1 Å². The highest BCUT2D eigenvalue weighted by atomic mass is 35.5. The Bertz CT molecular complexity index is 516. The van der Waals surface area contributed by atoms with Gasteiger partial charge >= 0.3 is 5.97 Å². The summed E-state index contributed by atoms with van der Waals surface area (Å²) in [6.07, 6.45) is 1.96. The van der Waals surface area contributed by atoms with Crippen molar-refractivity contribution >= 4 is 40.8 Å². The van der Waals surface area contributed by atoms with Gasteiger partial charge in [-0.05, 0) is 24.5 Å². The number of hydrogen-bond donors (Lipinski definition) is 0. The fourth-order valence-electron chi connectivity index (χ4n) is 2.10. The van der Waals surface area contributed by atoms with Crippen LogP contribution in [0.1, 0.15) is 50.9 Å². The maximum absolute atomic E-state index is 12.2. The lowest BCUT2D eigenvalue weighted by Gasteiger charge is -2.33. The molecule has 0 amide bonds. The molecule has 0 bridgehead atoms. The molecule has 0 aromatic heterocycles. The molecule has 0 aliphatic heterocycles. The van der Waals surface area contributed by atoms with E-state index in [4.69, 9.17) is 39.5 Å². The van der Waals surface area contributed by atoms with Gasteiger partial charge in [0.2, 0.25) is 0 Å². The van der Waals surface area contributed by atoms with Gasteiger partial charge in [-0.2, -0.15) is 0 Å². The molecular weight excluding hydrogens is 331 g/mol. The van der Waals surface area contributed by atoms with Crippen molar-refractivity contribution < 1.29 is 9.53 Å². The highest BCUT2D eigenvalue weighted by Gasteiger charge is 2.30. The molecule has 0 saturated heterocycles. The maximum Gasteiger partial charge on any atom is 0.339 e. The van der Waals surface area contributed by atoms with Crippen molar-refractivity contribution in [2.75, 3.05) is 6.61 Å². The van der Waals surface area contributed by atoms with Crippen molar-refractivity contribution in [1.82, 2.24) is 0 Å². The molecule has 2 unspecified atom stereocenters. The highest BCUT2D eigenvalue weighted by molar-refractivity contribution is 6.45. The normalized spacial score (nSPS) is 15.4. The number of hydrogen-bond acceptors (Lipinski definition) is 2. The van der Waals surface area contributed by atoms with Crippen molar-refractivity contribution in [3.63, 3.8) is 0 Å². The van der Waals surface area contributed by atoms with Gasteiger partial charge < -0.3 is 4.74 Å². The smallest absolute Gasteiger partial charge is 0.339 e. The SMILES string of the molecule is CCC(C)C(C)(CC)COC(=O)c1cc(Cl)cc(Cl)c1Cl. The minimum absolute atomic E-state index is 0.0563. The number of ether oxygens (including phenoxy) is 1. The molecule has 1 aromatic rings. The Labute approximate surface area is 141 Å². The highest BCUT2D eigenvalue weighted by Crippen LogP contribution is 2.35. The topological polar surface area (TPSA) is 26.3 Å². The van der Waals surface area contributed by atoms with Gasteiger partial charge in [-0.25, -0.2) is 4.79 Å². The second-order valence-electron chi connectivity index (χ2n) is 5.64. The molecule has 0 radical (unpaired) electrons. The van der Waals surface area contributed by atoms with E-state index in [0.29, 0.717) is 17.5 Å². The van der Waals surface area contributed by atoms with Gasteiger partial charge in [-0.3, -0.25) is 0 Å². The van der Waals surface area contributed by atoms with E-state index in [1.54, 1.807) is 0 Å². The summed E-state index contributed by atoms with van der Waals surface area (Å²) in [4.78, 5) is 12.2. The number of rotatable bonds is 6. The molecule has 118 valence electrons. The number of carbonyl (C=O) groups excluding carboxylic acids is 1. The Morgan fingerprint density at radius 1 is 1.29 bits per heavy atom. The summed E-state index contributed by atoms with van der Waals surface area (Å²) in [6.45, 7) is 8.87. The van der Waals surface area contributed by atoms with Gasteiger partial charge in [0.1, 0.15) is 0 Å². The summed E-state index contributed by atoms with van der Waals surface area (Å²) < 4.78 is 5.46. The average Bonchev–Trinajstić information content (AvgIpc) is 2.47. The van der Waals surface area contributed by atoms with Gasteiger partial charge in [0.05, 0.1) is 22.2 Å². The van der Waals surface area contributed by atoms with Gasteiger partial charge in [0.25, 0.3) is 0 Å². The molecular formula is C16H21Cl3O2. The fourth-order valence-corrected chi connectivity index (χ4v) is 2.78. The van der Waals surface area contributed by atoms with Crippen molar-refractivity contribution in [1.29, 1.82) is 0 Å². The predicted octanol–water partition coefficient (Wildman–Crippen LogP) is 6.27. The van der Waals surface area contributed by atoms with Gasteiger partial charge in [-0.15, -0.1) is 0 Å². The number of carbonyl (C=O) groups is 1. The first-order valence-electron chi connectivity index (χ1n) is 7.06. The summed E-state index contributed by atoms with van der Waals surface area (Å²) in [5, 5.41) is 0.778. The summed E-state index contributed by atoms with van der Waals surface area (Å²) in [6, 6.07) is 2.97. The molecule has 1 rings (SSSR count). The largest absolute Gasteiger partial charge is 0.461 e.